The summed E-state index contributed by atoms with van der Waals surface area (Å²) in [5.74, 6) is 1.95. The monoisotopic (exact) mass is 339 g/mol. The molecular formula is C18H17N3O4. The van der Waals surface area contributed by atoms with Crippen LogP contribution < -0.4 is 9.47 Å². The van der Waals surface area contributed by atoms with E-state index in [4.69, 9.17) is 9.47 Å². The van der Waals surface area contributed by atoms with E-state index in [0.29, 0.717) is 18.0 Å². The first-order valence-electron chi connectivity index (χ1n) is 7.64. The highest BCUT2D eigenvalue weighted by molar-refractivity contribution is 5.39. The lowest BCUT2D eigenvalue weighted by molar-refractivity contribution is -0.384. The van der Waals surface area contributed by atoms with Crippen LogP contribution in [0.3, 0.4) is 0 Å². The number of methoxy groups -OCH3 is 1. The number of nitro groups is 1. The van der Waals surface area contributed by atoms with Gasteiger partial charge in [-0.2, -0.15) is 5.10 Å². The maximum absolute atomic E-state index is 10.7. The summed E-state index contributed by atoms with van der Waals surface area (Å²) in [6.45, 7) is 2.46. The molecule has 0 aliphatic rings. The van der Waals surface area contributed by atoms with Crippen molar-refractivity contribution in [2.45, 2.75) is 13.5 Å². The third kappa shape index (κ3) is 3.95. The number of hydrogen-bond acceptors (Lipinski definition) is 5. The number of nitro benzene ring substituents is 1. The normalized spacial score (nSPS) is 10.5. The molecule has 0 spiro atoms. The molecule has 1 heterocycles. The van der Waals surface area contributed by atoms with Crippen molar-refractivity contribution >= 4 is 5.69 Å². The molecule has 0 amide bonds. The van der Waals surface area contributed by atoms with Crippen molar-refractivity contribution in [2.24, 2.45) is 0 Å². The quantitative estimate of drug-likeness (QED) is 0.502. The predicted octanol–water partition coefficient (Wildman–Crippen LogP) is 3.95. The van der Waals surface area contributed by atoms with E-state index in [0.717, 1.165) is 17.0 Å². The van der Waals surface area contributed by atoms with Gasteiger partial charge in [-0.15, -0.1) is 0 Å². The van der Waals surface area contributed by atoms with Crippen LogP contribution in [-0.4, -0.2) is 21.8 Å². The van der Waals surface area contributed by atoms with Crippen molar-refractivity contribution in [2.75, 3.05) is 7.11 Å². The van der Waals surface area contributed by atoms with Gasteiger partial charge in [0.15, 0.2) is 5.75 Å². The molecule has 2 aromatic carbocycles. The standard InChI is InChI=1S/C18H17N3O4/c1-13-18(25-17-9-5-15(6-10-17)21(22)23)12-20(19-13)11-14-3-7-16(24-2)8-4-14/h3-10,12H,11H2,1-2H3. The molecule has 0 bridgehead atoms. The molecule has 1 aromatic heterocycles. The van der Waals surface area contributed by atoms with Gasteiger partial charge in [0.1, 0.15) is 17.2 Å². The number of benzene rings is 2. The zero-order valence-corrected chi connectivity index (χ0v) is 13.9. The van der Waals surface area contributed by atoms with E-state index in [2.05, 4.69) is 5.10 Å². The summed E-state index contributed by atoms with van der Waals surface area (Å²) in [6, 6.07) is 13.7. The molecule has 0 atom stereocenters. The first kappa shape index (κ1) is 16.5. The minimum Gasteiger partial charge on any atom is -0.497 e. The molecule has 7 nitrogen and oxygen atoms in total. The highest BCUT2D eigenvalue weighted by Gasteiger charge is 2.10. The summed E-state index contributed by atoms with van der Waals surface area (Å²) in [7, 11) is 1.63. The molecule has 0 saturated carbocycles. The van der Waals surface area contributed by atoms with Crippen LogP contribution in [-0.2, 0) is 6.54 Å². The summed E-state index contributed by atoms with van der Waals surface area (Å²) >= 11 is 0. The second kappa shape index (κ2) is 7.04. The molecule has 128 valence electrons. The van der Waals surface area contributed by atoms with E-state index in [1.165, 1.54) is 12.1 Å². The molecule has 0 unspecified atom stereocenters. The smallest absolute Gasteiger partial charge is 0.269 e. The molecule has 0 fully saturated rings. The van der Waals surface area contributed by atoms with E-state index in [1.807, 2.05) is 31.2 Å². The van der Waals surface area contributed by atoms with Gasteiger partial charge in [-0.3, -0.25) is 14.8 Å². The van der Waals surface area contributed by atoms with E-state index in [1.54, 1.807) is 30.1 Å². The van der Waals surface area contributed by atoms with Gasteiger partial charge in [0.25, 0.3) is 5.69 Å². The Morgan fingerprint density at radius 2 is 1.72 bits per heavy atom. The number of aromatic nitrogens is 2. The molecule has 0 aliphatic heterocycles. The maximum Gasteiger partial charge on any atom is 0.269 e. The van der Waals surface area contributed by atoms with Crippen molar-refractivity contribution in [3.8, 4) is 17.2 Å². The summed E-state index contributed by atoms with van der Waals surface area (Å²) in [5.41, 5.74) is 1.86. The molecule has 0 radical (unpaired) electrons. The second-order valence-electron chi connectivity index (χ2n) is 5.48. The largest absolute Gasteiger partial charge is 0.497 e. The van der Waals surface area contributed by atoms with Crippen LogP contribution in [0.25, 0.3) is 0 Å². The van der Waals surface area contributed by atoms with Crippen LogP contribution in [0.4, 0.5) is 5.69 Å². The van der Waals surface area contributed by atoms with Gasteiger partial charge in [-0.1, -0.05) is 12.1 Å². The van der Waals surface area contributed by atoms with Crippen LogP contribution in [0, 0.1) is 17.0 Å². The molecule has 0 saturated heterocycles. The van der Waals surface area contributed by atoms with Gasteiger partial charge >= 0.3 is 0 Å². The number of ether oxygens (including phenoxy) is 2. The number of nitrogens with zero attached hydrogens (tertiary/aromatic N) is 3. The zero-order chi connectivity index (χ0) is 17.8. The van der Waals surface area contributed by atoms with Gasteiger partial charge in [0.05, 0.1) is 24.8 Å². The fourth-order valence-corrected chi connectivity index (χ4v) is 2.36. The van der Waals surface area contributed by atoms with E-state index >= 15 is 0 Å². The average molecular weight is 339 g/mol. The number of non-ortho nitro benzene ring substituents is 1. The van der Waals surface area contributed by atoms with Crippen molar-refractivity contribution < 1.29 is 14.4 Å². The van der Waals surface area contributed by atoms with E-state index < -0.39 is 4.92 Å². The number of aryl methyl sites for hydroxylation is 1. The summed E-state index contributed by atoms with van der Waals surface area (Å²) in [5, 5.41) is 15.1. The molecule has 3 aromatic rings. The van der Waals surface area contributed by atoms with Gasteiger partial charge in [0, 0.05) is 12.1 Å². The van der Waals surface area contributed by atoms with Gasteiger partial charge < -0.3 is 9.47 Å². The summed E-state index contributed by atoms with van der Waals surface area (Å²) in [4.78, 5) is 10.2. The average Bonchev–Trinajstić information content (AvgIpc) is 2.95. The third-order valence-electron chi connectivity index (χ3n) is 3.68. The SMILES string of the molecule is COc1ccc(Cn2cc(Oc3ccc([N+](=O)[O-])cc3)c(C)n2)cc1. The Morgan fingerprint density at radius 3 is 2.32 bits per heavy atom. The van der Waals surface area contributed by atoms with Crippen molar-refractivity contribution in [3.63, 3.8) is 0 Å². The van der Waals surface area contributed by atoms with Crippen LogP contribution in [0.5, 0.6) is 17.2 Å². The van der Waals surface area contributed by atoms with Crippen LogP contribution in [0.2, 0.25) is 0 Å². The molecule has 0 aliphatic carbocycles. The topological polar surface area (TPSA) is 79.4 Å². The lowest BCUT2D eigenvalue weighted by Crippen LogP contribution is -2.00. The summed E-state index contributed by atoms with van der Waals surface area (Å²) in [6.07, 6.45) is 1.81. The number of hydrogen-bond donors (Lipinski definition) is 0. The van der Waals surface area contributed by atoms with Gasteiger partial charge in [-0.25, -0.2) is 0 Å². The van der Waals surface area contributed by atoms with Crippen molar-refractivity contribution in [1.82, 2.24) is 9.78 Å². The Morgan fingerprint density at radius 1 is 1.08 bits per heavy atom. The van der Waals surface area contributed by atoms with Gasteiger partial charge in [0.2, 0.25) is 0 Å². The first-order valence-corrected chi connectivity index (χ1v) is 7.64. The Hall–Kier alpha value is -3.35. The predicted molar refractivity (Wildman–Crippen MR) is 92.2 cm³/mol. The Balaban J connectivity index is 1.72. The highest BCUT2D eigenvalue weighted by Crippen LogP contribution is 2.26. The van der Waals surface area contributed by atoms with Crippen molar-refractivity contribution in [3.05, 3.63) is 76.1 Å². The van der Waals surface area contributed by atoms with Gasteiger partial charge in [-0.05, 0) is 36.8 Å². The Labute approximate surface area is 144 Å². The van der Waals surface area contributed by atoms with E-state index in [9.17, 15) is 10.1 Å². The lowest BCUT2D eigenvalue weighted by atomic mass is 10.2. The van der Waals surface area contributed by atoms with Crippen molar-refractivity contribution in [1.29, 1.82) is 0 Å². The van der Waals surface area contributed by atoms with Crippen LogP contribution in [0.15, 0.2) is 54.7 Å². The third-order valence-corrected chi connectivity index (χ3v) is 3.68. The molecule has 0 N–H and O–H groups in total. The lowest BCUT2D eigenvalue weighted by Gasteiger charge is -2.04. The minimum atomic E-state index is -0.443. The minimum absolute atomic E-state index is 0.0271. The fraction of sp³-hybridized carbons (Fsp3) is 0.167. The van der Waals surface area contributed by atoms with E-state index in [-0.39, 0.29) is 5.69 Å². The fourth-order valence-electron chi connectivity index (χ4n) is 2.36. The Bertz CT molecular complexity index is 870. The molecule has 7 heteroatoms. The Kier molecular flexibility index (Phi) is 4.65. The molecule has 3 rings (SSSR count). The zero-order valence-electron chi connectivity index (χ0n) is 13.9. The summed E-state index contributed by atoms with van der Waals surface area (Å²) < 4.78 is 12.7. The van der Waals surface area contributed by atoms with Crippen LogP contribution in [0.1, 0.15) is 11.3 Å². The molecular weight excluding hydrogens is 322 g/mol. The van der Waals surface area contributed by atoms with Crippen LogP contribution >= 0.6 is 0 Å². The number of rotatable bonds is 6. The second-order valence-corrected chi connectivity index (χ2v) is 5.48. The maximum atomic E-state index is 10.7. The highest BCUT2D eigenvalue weighted by atomic mass is 16.6. The molecule has 25 heavy (non-hydrogen) atoms. The first-order chi connectivity index (χ1) is 12.0.